The quantitative estimate of drug-likeness (QED) is 0.232. The fourth-order valence-corrected chi connectivity index (χ4v) is 10.3. The number of nitrogens with zero attached hydrogens (tertiary/aromatic N) is 6. The molecule has 6 heterocycles. The number of aromatic nitrogens is 2. The highest BCUT2D eigenvalue weighted by Gasteiger charge is 2.57. The number of amides is 3. The summed E-state index contributed by atoms with van der Waals surface area (Å²) < 4.78 is 0. The van der Waals surface area contributed by atoms with E-state index >= 15 is 0 Å². The summed E-state index contributed by atoms with van der Waals surface area (Å²) in [6.07, 6.45) is 6.52. The van der Waals surface area contributed by atoms with Gasteiger partial charge in [0.25, 0.3) is 0 Å². The fourth-order valence-electron chi connectivity index (χ4n) is 10.3. The van der Waals surface area contributed by atoms with Gasteiger partial charge < -0.3 is 24.7 Å². The van der Waals surface area contributed by atoms with Crippen LogP contribution in [0.25, 0.3) is 11.3 Å². The Hall–Kier alpha value is -5.29. The standard InChI is InChI=1S/C45H51N7O4/c1-31-6-2-4-8-38(31)45(18-22-51(23-19-45)35-24-39(48-46-25-35)37-7-3-5-9-40(37)53)43(56)52-29-44(30-52)27-49(28-44)26-32-16-20-50(21-17-32)34-12-10-33(11-13-34)36-14-15-41(54)47-42(36)55/h2-13,24-25,32,36,53H,14-23,26-30H2,1H3,(H,47,54,55)/t36-/m0/s1. The zero-order chi connectivity index (χ0) is 38.4. The highest BCUT2D eigenvalue weighted by Crippen LogP contribution is 2.46. The Morgan fingerprint density at radius 1 is 0.839 bits per heavy atom. The van der Waals surface area contributed by atoms with Crippen molar-refractivity contribution in [3.8, 4) is 17.0 Å². The van der Waals surface area contributed by atoms with E-state index in [1.165, 1.54) is 11.3 Å². The number of hydrogen-bond donors (Lipinski definition) is 2. The minimum absolute atomic E-state index is 0.179. The van der Waals surface area contributed by atoms with Gasteiger partial charge in [-0.1, -0.05) is 48.5 Å². The number of para-hydroxylation sites is 1. The Kier molecular flexibility index (Phi) is 9.51. The zero-order valence-electron chi connectivity index (χ0n) is 32.2. The first-order valence-corrected chi connectivity index (χ1v) is 20.3. The number of hydrogen-bond acceptors (Lipinski definition) is 9. The molecule has 2 N–H and O–H groups in total. The van der Waals surface area contributed by atoms with E-state index in [2.05, 4.69) is 90.6 Å². The molecular weight excluding hydrogens is 703 g/mol. The number of piperidine rings is 3. The molecule has 4 aromatic rings. The molecule has 1 spiro atoms. The largest absolute Gasteiger partial charge is 0.507 e. The summed E-state index contributed by atoms with van der Waals surface area (Å²) in [5, 5.41) is 21.5. The summed E-state index contributed by atoms with van der Waals surface area (Å²) in [6, 6.07) is 26.0. The van der Waals surface area contributed by atoms with Crippen molar-refractivity contribution >= 4 is 29.1 Å². The smallest absolute Gasteiger partial charge is 0.234 e. The maximum atomic E-state index is 14.7. The molecule has 5 fully saturated rings. The first kappa shape index (κ1) is 36.4. The van der Waals surface area contributed by atoms with Crippen LogP contribution < -0.4 is 15.1 Å². The number of anilines is 2. The number of carbonyl (C=O) groups excluding carboxylic acids is 3. The summed E-state index contributed by atoms with van der Waals surface area (Å²) in [6.45, 7) is 10.6. The monoisotopic (exact) mass is 753 g/mol. The summed E-state index contributed by atoms with van der Waals surface area (Å²) in [5.41, 5.74) is 6.39. The van der Waals surface area contributed by atoms with Crippen molar-refractivity contribution in [1.29, 1.82) is 0 Å². The van der Waals surface area contributed by atoms with Crippen LogP contribution in [0, 0.1) is 18.3 Å². The predicted molar refractivity (Wildman–Crippen MR) is 215 cm³/mol. The molecule has 0 radical (unpaired) electrons. The maximum Gasteiger partial charge on any atom is 0.234 e. The molecule has 9 rings (SSSR count). The van der Waals surface area contributed by atoms with E-state index in [-0.39, 0.29) is 34.8 Å². The Morgan fingerprint density at radius 3 is 2.25 bits per heavy atom. The first-order chi connectivity index (χ1) is 27.2. The molecule has 5 aliphatic heterocycles. The van der Waals surface area contributed by atoms with E-state index in [4.69, 9.17) is 0 Å². The average Bonchev–Trinajstić information content (AvgIpc) is 3.19. The predicted octanol–water partition coefficient (Wildman–Crippen LogP) is 5.28. The van der Waals surface area contributed by atoms with Crippen LogP contribution in [0.1, 0.15) is 61.1 Å². The van der Waals surface area contributed by atoms with Crippen molar-refractivity contribution in [2.45, 2.75) is 56.8 Å². The van der Waals surface area contributed by atoms with Crippen LogP contribution >= 0.6 is 0 Å². The third-order valence-electron chi connectivity index (χ3n) is 13.4. The average molecular weight is 754 g/mol. The first-order valence-electron chi connectivity index (χ1n) is 20.3. The number of aryl methyl sites for hydroxylation is 1. The van der Waals surface area contributed by atoms with Crippen LogP contribution in [0.2, 0.25) is 0 Å². The normalized spacial score (nSPS) is 22.4. The fraction of sp³-hybridized carbons (Fsp3) is 0.444. The summed E-state index contributed by atoms with van der Waals surface area (Å²) >= 11 is 0. The summed E-state index contributed by atoms with van der Waals surface area (Å²) in [5.74, 6) is 0.512. The van der Waals surface area contributed by atoms with Crippen molar-refractivity contribution < 1.29 is 19.5 Å². The van der Waals surface area contributed by atoms with Crippen LogP contribution in [0.4, 0.5) is 11.4 Å². The molecule has 1 aromatic heterocycles. The lowest BCUT2D eigenvalue weighted by atomic mass is 9.66. The lowest BCUT2D eigenvalue weighted by Crippen LogP contribution is -2.74. The minimum Gasteiger partial charge on any atom is -0.507 e. The van der Waals surface area contributed by atoms with E-state index in [1.807, 2.05) is 18.2 Å². The molecule has 0 saturated carbocycles. The SMILES string of the molecule is Cc1ccccc1C1(C(=O)N2CC3(CN(CC4CCN(c5ccc([C@@H]6CCC(=O)NC6=O)cc5)CC4)C3)C2)CCN(c2cnnc(-c3ccccc3O)c2)CC1. The molecule has 3 aromatic carbocycles. The van der Waals surface area contributed by atoms with Crippen LogP contribution in [-0.4, -0.2) is 102 Å². The Balaban J connectivity index is 0.780. The number of likely N-dealkylation sites (tertiary alicyclic amines) is 2. The Labute approximate surface area is 328 Å². The second-order valence-corrected chi connectivity index (χ2v) is 17.1. The number of carbonyl (C=O) groups is 3. The summed E-state index contributed by atoms with van der Waals surface area (Å²) in [7, 11) is 0. The molecule has 5 aliphatic rings. The highest BCUT2D eigenvalue weighted by molar-refractivity contribution is 6.01. The van der Waals surface area contributed by atoms with E-state index in [0.29, 0.717) is 30.0 Å². The molecule has 56 heavy (non-hydrogen) atoms. The topological polar surface area (TPSA) is 122 Å². The van der Waals surface area contributed by atoms with Gasteiger partial charge in [-0.15, -0.1) is 0 Å². The van der Waals surface area contributed by atoms with Gasteiger partial charge in [0.1, 0.15) is 5.75 Å². The molecule has 11 heteroatoms. The number of nitrogens with one attached hydrogen (secondary N) is 1. The van der Waals surface area contributed by atoms with Gasteiger partial charge in [-0.2, -0.15) is 10.2 Å². The number of imide groups is 1. The maximum absolute atomic E-state index is 14.7. The lowest BCUT2D eigenvalue weighted by Gasteiger charge is -2.62. The molecule has 0 aliphatic carbocycles. The van der Waals surface area contributed by atoms with Crippen molar-refractivity contribution in [3.05, 3.63) is 102 Å². The molecule has 3 amide bonds. The van der Waals surface area contributed by atoms with Gasteiger partial charge in [0.05, 0.1) is 28.9 Å². The van der Waals surface area contributed by atoms with E-state index in [0.717, 1.165) is 101 Å². The van der Waals surface area contributed by atoms with Gasteiger partial charge in [0.2, 0.25) is 17.7 Å². The number of rotatable bonds is 8. The van der Waals surface area contributed by atoms with Crippen LogP contribution in [0.15, 0.2) is 85.1 Å². The second-order valence-electron chi connectivity index (χ2n) is 17.1. The molecule has 290 valence electrons. The van der Waals surface area contributed by atoms with E-state index in [1.54, 1.807) is 18.3 Å². The van der Waals surface area contributed by atoms with Gasteiger partial charge in [-0.3, -0.25) is 19.7 Å². The number of benzene rings is 3. The number of phenols is 1. The Morgan fingerprint density at radius 2 is 1.54 bits per heavy atom. The van der Waals surface area contributed by atoms with Crippen LogP contribution in [0.3, 0.4) is 0 Å². The van der Waals surface area contributed by atoms with Crippen molar-refractivity contribution in [1.82, 2.24) is 25.3 Å². The second kappa shape index (κ2) is 14.7. The zero-order valence-corrected chi connectivity index (χ0v) is 32.2. The summed E-state index contributed by atoms with van der Waals surface area (Å²) in [4.78, 5) is 48.1. The molecule has 0 bridgehead atoms. The highest BCUT2D eigenvalue weighted by atomic mass is 16.3. The molecule has 11 nitrogen and oxygen atoms in total. The van der Waals surface area contributed by atoms with Crippen molar-refractivity contribution in [2.24, 2.45) is 11.3 Å². The van der Waals surface area contributed by atoms with E-state index in [9.17, 15) is 19.5 Å². The third-order valence-corrected chi connectivity index (χ3v) is 13.4. The van der Waals surface area contributed by atoms with Gasteiger partial charge in [-0.25, -0.2) is 0 Å². The molecule has 1 atom stereocenters. The van der Waals surface area contributed by atoms with E-state index < -0.39 is 5.41 Å². The van der Waals surface area contributed by atoms with Crippen molar-refractivity contribution in [3.63, 3.8) is 0 Å². The molecule has 0 unspecified atom stereocenters. The van der Waals surface area contributed by atoms with Gasteiger partial charge in [0.15, 0.2) is 0 Å². The van der Waals surface area contributed by atoms with Crippen LogP contribution in [0.5, 0.6) is 5.75 Å². The van der Waals surface area contributed by atoms with Crippen LogP contribution in [-0.2, 0) is 19.8 Å². The third kappa shape index (κ3) is 6.80. The lowest BCUT2D eigenvalue weighted by molar-refractivity contribution is -0.166. The van der Waals surface area contributed by atoms with Gasteiger partial charge in [0, 0.05) is 82.0 Å². The van der Waals surface area contributed by atoms with Crippen molar-refractivity contribution in [2.75, 3.05) is 68.7 Å². The minimum atomic E-state index is -0.562. The van der Waals surface area contributed by atoms with Gasteiger partial charge in [-0.05, 0) is 92.0 Å². The Bertz CT molecular complexity index is 2110. The molecule has 5 saturated heterocycles. The van der Waals surface area contributed by atoms with Gasteiger partial charge >= 0.3 is 0 Å². The number of aromatic hydroxyl groups is 1. The molecular formula is C45H51N7O4. The number of phenolic OH excluding ortho intramolecular Hbond substituents is 1.